The van der Waals surface area contributed by atoms with Crippen molar-refractivity contribution in [3.8, 4) is 0 Å². The van der Waals surface area contributed by atoms with Crippen LogP contribution in [0.5, 0.6) is 0 Å². The normalized spacial score (nSPS) is 10.2. The summed E-state index contributed by atoms with van der Waals surface area (Å²) in [6, 6.07) is 4.38. The van der Waals surface area contributed by atoms with Crippen LogP contribution in [0.3, 0.4) is 0 Å². The molecule has 5 nitrogen and oxygen atoms in total. The van der Waals surface area contributed by atoms with Crippen LogP contribution in [-0.4, -0.2) is 87.8 Å². The number of nitrogens with one attached hydrogen (secondary N) is 1. The second kappa shape index (κ2) is 23.7. The summed E-state index contributed by atoms with van der Waals surface area (Å²) >= 11 is 0. The van der Waals surface area contributed by atoms with Crippen molar-refractivity contribution in [1.82, 2.24) is 0 Å². The van der Waals surface area contributed by atoms with E-state index in [-0.39, 0.29) is 70.2 Å². The number of carboxylic acid groups (broad SMARTS) is 2. The van der Waals surface area contributed by atoms with Crippen molar-refractivity contribution in [3.05, 3.63) is 29.3 Å². The number of unbranched alkanes of at least 4 members (excludes halogenated alkanes) is 15. The number of benzene rings is 1. The third-order valence-corrected chi connectivity index (χ3v) is 5.84. The molecule has 3 N–H and O–H groups in total. The Morgan fingerprint density at radius 1 is 0.636 bits per heavy atom. The first kappa shape index (κ1) is 35.1. The predicted molar refractivity (Wildman–Crippen MR) is 140 cm³/mol. The second-order valence-corrected chi connectivity index (χ2v) is 8.60. The Hall–Kier alpha value is -0.0400. The standard InChI is InChI=1S/C26H43NO4.2Na/c1-2-3-4-5-6-7-8-9-10-11-12-13-14-15-16-17-20-27-22-18-19-23(25(28)29)24(21-22)26(30)31;;/h18-19,21,27H,2-17,20H2,1H3,(H,28,29)(H,30,31);;. The van der Waals surface area contributed by atoms with Crippen molar-refractivity contribution in [2.24, 2.45) is 0 Å². The van der Waals surface area contributed by atoms with Gasteiger partial charge < -0.3 is 15.5 Å². The fourth-order valence-electron chi connectivity index (χ4n) is 3.92. The fraction of sp³-hybridized carbons (Fsp3) is 0.692. The van der Waals surface area contributed by atoms with E-state index in [4.69, 9.17) is 10.2 Å². The van der Waals surface area contributed by atoms with E-state index in [1.807, 2.05) is 0 Å². The first-order valence-corrected chi connectivity index (χ1v) is 12.4. The minimum absolute atomic E-state index is 0. The quantitative estimate of drug-likeness (QED) is 0.139. The van der Waals surface area contributed by atoms with Gasteiger partial charge in [0.1, 0.15) is 0 Å². The molecule has 0 spiro atoms. The minimum Gasteiger partial charge on any atom is -0.478 e. The molecule has 178 valence electrons. The van der Waals surface area contributed by atoms with Crippen LogP contribution in [-0.2, 0) is 0 Å². The zero-order valence-corrected chi connectivity index (χ0v) is 25.5. The number of anilines is 1. The van der Waals surface area contributed by atoms with Crippen molar-refractivity contribution in [3.63, 3.8) is 0 Å². The summed E-state index contributed by atoms with van der Waals surface area (Å²) < 4.78 is 0. The Morgan fingerprint density at radius 3 is 1.42 bits per heavy atom. The average Bonchev–Trinajstić information content (AvgIpc) is 2.75. The van der Waals surface area contributed by atoms with E-state index in [1.54, 1.807) is 6.07 Å². The molecule has 0 aliphatic carbocycles. The Labute approximate surface area is 245 Å². The van der Waals surface area contributed by atoms with E-state index in [9.17, 15) is 9.59 Å². The Balaban J connectivity index is 0. The molecule has 1 aromatic carbocycles. The summed E-state index contributed by atoms with van der Waals surface area (Å²) in [4.78, 5) is 22.3. The molecule has 0 aliphatic heterocycles. The zero-order valence-electron chi connectivity index (χ0n) is 21.5. The molecule has 0 heterocycles. The number of hydrogen-bond donors (Lipinski definition) is 3. The second-order valence-electron chi connectivity index (χ2n) is 8.60. The molecule has 1 aromatic rings. The van der Waals surface area contributed by atoms with Gasteiger partial charge in [-0.1, -0.05) is 103 Å². The van der Waals surface area contributed by atoms with E-state index < -0.39 is 11.9 Å². The molecule has 0 atom stereocenters. The minimum atomic E-state index is -1.22. The van der Waals surface area contributed by atoms with Crippen LogP contribution in [0.1, 0.15) is 130 Å². The Morgan fingerprint density at radius 2 is 1.03 bits per heavy atom. The van der Waals surface area contributed by atoms with Crippen LogP contribution < -0.4 is 5.32 Å². The maximum absolute atomic E-state index is 11.2. The number of hydrogen-bond acceptors (Lipinski definition) is 3. The molecule has 0 amide bonds. The van der Waals surface area contributed by atoms with Crippen LogP contribution in [0.4, 0.5) is 5.69 Å². The third-order valence-electron chi connectivity index (χ3n) is 5.84. The molecule has 0 bridgehead atoms. The Kier molecular flexibility index (Phi) is 25.2. The molecule has 0 fully saturated rings. The monoisotopic (exact) mass is 479 g/mol. The molecular formula is C26H43NNa2O4. The summed E-state index contributed by atoms with van der Waals surface area (Å²) in [5.41, 5.74) is 0.299. The fourth-order valence-corrected chi connectivity index (χ4v) is 3.92. The van der Waals surface area contributed by atoms with E-state index in [0.29, 0.717) is 5.69 Å². The summed E-state index contributed by atoms with van der Waals surface area (Å²) in [6.07, 6.45) is 21.3. The molecule has 33 heavy (non-hydrogen) atoms. The van der Waals surface area contributed by atoms with Crippen molar-refractivity contribution < 1.29 is 19.8 Å². The molecule has 0 unspecified atom stereocenters. The van der Waals surface area contributed by atoms with Crippen molar-refractivity contribution in [1.29, 1.82) is 0 Å². The van der Waals surface area contributed by atoms with Gasteiger partial charge in [-0.3, -0.25) is 0 Å². The van der Waals surface area contributed by atoms with E-state index >= 15 is 0 Å². The van der Waals surface area contributed by atoms with Crippen LogP contribution >= 0.6 is 0 Å². The van der Waals surface area contributed by atoms with Crippen LogP contribution in [0.15, 0.2) is 18.2 Å². The first-order valence-electron chi connectivity index (χ1n) is 12.4. The van der Waals surface area contributed by atoms with Gasteiger partial charge in [-0.05, 0) is 24.6 Å². The van der Waals surface area contributed by atoms with E-state index in [1.165, 1.54) is 102 Å². The van der Waals surface area contributed by atoms with Gasteiger partial charge in [0, 0.05) is 71.3 Å². The maximum atomic E-state index is 11.2. The van der Waals surface area contributed by atoms with Crippen LogP contribution in [0.2, 0.25) is 0 Å². The van der Waals surface area contributed by atoms with Crippen molar-refractivity contribution in [2.75, 3.05) is 11.9 Å². The maximum Gasteiger partial charge on any atom is 0.336 e. The van der Waals surface area contributed by atoms with Gasteiger partial charge >= 0.3 is 11.9 Å². The predicted octanol–water partition coefficient (Wildman–Crippen LogP) is 6.99. The van der Waals surface area contributed by atoms with Gasteiger partial charge in [0.05, 0.1) is 11.1 Å². The number of carboxylic acids is 2. The van der Waals surface area contributed by atoms with E-state index in [0.717, 1.165) is 19.4 Å². The summed E-state index contributed by atoms with van der Waals surface area (Å²) in [7, 11) is 0. The summed E-state index contributed by atoms with van der Waals surface area (Å²) in [5, 5.41) is 21.4. The molecule has 0 saturated heterocycles. The molecule has 0 saturated carbocycles. The smallest absolute Gasteiger partial charge is 0.336 e. The average molecular weight is 480 g/mol. The molecular weight excluding hydrogens is 436 g/mol. The first-order chi connectivity index (χ1) is 15.1. The number of rotatable bonds is 20. The van der Waals surface area contributed by atoms with Gasteiger partial charge in [-0.25, -0.2) is 9.59 Å². The third kappa shape index (κ3) is 18.0. The van der Waals surface area contributed by atoms with Gasteiger partial charge in [0.2, 0.25) is 0 Å². The van der Waals surface area contributed by atoms with Gasteiger partial charge in [0.25, 0.3) is 0 Å². The van der Waals surface area contributed by atoms with Crippen molar-refractivity contribution in [2.45, 2.75) is 110 Å². The van der Waals surface area contributed by atoms with E-state index in [2.05, 4.69) is 12.2 Å². The molecule has 0 aromatic heterocycles. The topological polar surface area (TPSA) is 86.6 Å². The Bertz CT molecular complexity index is 641. The summed E-state index contributed by atoms with van der Waals surface area (Å²) in [6.45, 7) is 3.04. The number of aromatic carboxylic acids is 2. The number of carbonyl (C=O) groups is 2. The van der Waals surface area contributed by atoms with Crippen LogP contribution in [0, 0.1) is 0 Å². The van der Waals surface area contributed by atoms with Crippen LogP contribution in [0.25, 0.3) is 0 Å². The van der Waals surface area contributed by atoms with Crippen molar-refractivity contribution >= 4 is 76.7 Å². The van der Waals surface area contributed by atoms with Gasteiger partial charge in [-0.2, -0.15) is 0 Å². The molecule has 7 heteroatoms. The molecule has 2 radical (unpaired) electrons. The molecule has 0 aliphatic rings. The summed E-state index contributed by atoms with van der Waals surface area (Å²) in [5.74, 6) is -2.44. The largest absolute Gasteiger partial charge is 0.478 e. The van der Waals surface area contributed by atoms with Gasteiger partial charge in [0.15, 0.2) is 0 Å². The molecule has 1 rings (SSSR count). The SMILES string of the molecule is CCCCCCCCCCCCCCCCCCNc1ccc(C(=O)O)c(C(=O)O)c1.[Na].[Na]. The zero-order chi connectivity index (χ0) is 22.7. The van der Waals surface area contributed by atoms with Gasteiger partial charge in [-0.15, -0.1) is 0 Å².